The lowest BCUT2D eigenvalue weighted by molar-refractivity contribution is -0.144. The van der Waals surface area contributed by atoms with Crippen LogP contribution >= 0.6 is 11.8 Å². The van der Waals surface area contributed by atoms with Crippen molar-refractivity contribution in [2.75, 3.05) is 6.61 Å². The molecule has 0 fully saturated rings. The van der Waals surface area contributed by atoms with E-state index in [2.05, 4.69) is 15.2 Å². The summed E-state index contributed by atoms with van der Waals surface area (Å²) < 4.78 is 6.64. The molecule has 0 aromatic carbocycles. The molecule has 0 bridgehead atoms. The molecule has 0 amide bonds. The summed E-state index contributed by atoms with van der Waals surface area (Å²) in [5, 5.41) is 7.49. The Morgan fingerprint density at radius 1 is 1.38 bits per heavy atom. The fourth-order valence-corrected chi connectivity index (χ4v) is 2.86. The molecular formula is C13H16N4O3S. The van der Waals surface area contributed by atoms with Crippen LogP contribution in [0.4, 0.5) is 0 Å². The van der Waals surface area contributed by atoms with E-state index >= 15 is 0 Å². The number of rotatable bonds is 5. The van der Waals surface area contributed by atoms with Gasteiger partial charge in [0.15, 0.2) is 16.2 Å². The zero-order valence-corrected chi connectivity index (χ0v) is 13.1. The number of fused-ring (bicyclic) bond motifs is 1. The van der Waals surface area contributed by atoms with E-state index in [1.165, 1.54) is 6.92 Å². The first kappa shape index (κ1) is 15.4. The van der Waals surface area contributed by atoms with Crippen molar-refractivity contribution >= 4 is 29.3 Å². The number of ketones is 1. The van der Waals surface area contributed by atoms with Crippen LogP contribution in [-0.2, 0) is 14.3 Å². The average Bonchev–Trinajstić information content (AvgIpc) is 2.78. The molecule has 0 spiro atoms. The molecule has 0 saturated heterocycles. The summed E-state index contributed by atoms with van der Waals surface area (Å²) in [6.45, 7) is 7.04. The van der Waals surface area contributed by atoms with Gasteiger partial charge in [-0.15, -0.1) is 10.2 Å². The number of carbonyl (C=O) groups excluding carboxylic acids is 2. The van der Waals surface area contributed by atoms with E-state index in [1.54, 1.807) is 11.3 Å². The van der Waals surface area contributed by atoms with E-state index in [1.807, 2.05) is 19.9 Å². The van der Waals surface area contributed by atoms with Gasteiger partial charge in [-0.05, 0) is 33.8 Å². The SMILES string of the molecule is CCOC(=O)C(Sc1nnc2nc(C)cc(C)n12)C(C)=O. The van der Waals surface area contributed by atoms with E-state index in [9.17, 15) is 9.59 Å². The van der Waals surface area contributed by atoms with Crippen molar-refractivity contribution in [1.29, 1.82) is 0 Å². The van der Waals surface area contributed by atoms with Gasteiger partial charge in [0.25, 0.3) is 5.78 Å². The van der Waals surface area contributed by atoms with Crippen LogP contribution < -0.4 is 0 Å². The van der Waals surface area contributed by atoms with E-state index in [0.29, 0.717) is 10.9 Å². The third-order valence-corrected chi connectivity index (χ3v) is 3.99. The molecule has 8 heteroatoms. The number of hydrogen-bond donors (Lipinski definition) is 0. The number of thioether (sulfide) groups is 1. The van der Waals surface area contributed by atoms with Gasteiger partial charge >= 0.3 is 5.97 Å². The summed E-state index contributed by atoms with van der Waals surface area (Å²) in [4.78, 5) is 27.8. The normalized spacial score (nSPS) is 12.4. The van der Waals surface area contributed by atoms with Gasteiger partial charge in [-0.25, -0.2) is 4.98 Å². The van der Waals surface area contributed by atoms with E-state index in [0.717, 1.165) is 23.1 Å². The maximum Gasteiger partial charge on any atom is 0.327 e. The number of aromatic nitrogens is 4. The molecular weight excluding hydrogens is 292 g/mol. The van der Waals surface area contributed by atoms with Gasteiger partial charge in [-0.2, -0.15) is 0 Å². The van der Waals surface area contributed by atoms with Crippen LogP contribution in [0.5, 0.6) is 0 Å². The molecule has 1 atom stereocenters. The molecule has 112 valence electrons. The highest BCUT2D eigenvalue weighted by Crippen LogP contribution is 2.24. The molecule has 0 aliphatic heterocycles. The first-order valence-electron chi connectivity index (χ1n) is 6.47. The Kier molecular flexibility index (Phi) is 4.56. The van der Waals surface area contributed by atoms with Crippen molar-refractivity contribution in [3.63, 3.8) is 0 Å². The standard InChI is InChI=1S/C13H16N4O3S/c1-5-20-11(19)10(9(4)18)21-13-16-15-12-14-7(2)6-8(3)17(12)13/h6,10H,5H2,1-4H3. The maximum atomic E-state index is 11.8. The van der Waals surface area contributed by atoms with Gasteiger partial charge in [0.2, 0.25) is 0 Å². The summed E-state index contributed by atoms with van der Waals surface area (Å²) in [7, 11) is 0. The minimum atomic E-state index is -0.946. The first-order chi connectivity index (χ1) is 9.93. The number of ether oxygens (including phenoxy) is 1. The fourth-order valence-electron chi connectivity index (χ4n) is 1.90. The van der Waals surface area contributed by atoms with E-state index in [-0.39, 0.29) is 12.4 Å². The van der Waals surface area contributed by atoms with Crippen molar-refractivity contribution in [2.45, 2.75) is 38.1 Å². The third-order valence-electron chi connectivity index (χ3n) is 2.76. The highest BCUT2D eigenvalue weighted by atomic mass is 32.2. The average molecular weight is 308 g/mol. The summed E-state index contributed by atoms with van der Waals surface area (Å²) in [6, 6.07) is 1.88. The van der Waals surface area contributed by atoms with Crippen LogP contribution in [0.25, 0.3) is 5.78 Å². The van der Waals surface area contributed by atoms with Crippen molar-refractivity contribution in [2.24, 2.45) is 0 Å². The highest BCUT2D eigenvalue weighted by molar-refractivity contribution is 8.01. The Labute approximate surface area is 126 Å². The molecule has 2 heterocycles. The molecule has 0 radical (unpaired) electrons. The van der Waals surface area contributed by atoms with Gasteiger partial charge in [-0.1, -0.05) is 11.8 Å². The number of carbonyl (C=O) groups is 2. The molecule has 0 aliphatic carbocycles. The highest BCUT2D eigenvalue weighted by Gasteiger charge is 2.28. The Morgan fingerprint density at radius 3 is 2.71 bits per heavy atom. The van der Waals surface area contributed by atoms with Crippen LogP contribution in [0.3, 0.4) is 0 Å². The van der Waals surface area contributed by atoms with Gasteiger partial charge in [0, 0.05) is 11.4 Å². The molecule has 7 nitrogen and oxygen atoms in total. The summed E-state index contributed by atoms with van der Waals surface area (Å²) >= 11 is 1.03. The molecule has 0 aliphatic rings. The van der Waals surface area contributed by atoms with Gasteiger partial charge in [0.05, 0.1) is 6.61 Å². The number of hydrogen-bond acceptors (Lipinski definition) is 7. The van der Waals surface area contributed by atoms with Crippen LogP contribution in [-0.4, -0.2) is 43.2 Å². The number of esters is 1. The van der Waals surface area contributed by atoms with Crippen molar-refractivity contribution in [3.8, 4) is 0 Å². The van der Waals surface area contributed by atoms with Crippen molar-refractivity contribution < 1.29 is 14.3 Å². The van der Waals surface area contributed by atoms with Crippen molar-refractivity contribution in [3.05, 3.63) is 17.5 Å². The van der Waals surface area contributed by atoms with E-state index < -0.39 is 11.2 Å². The Morgan fingerprint density at radius 2 is 2.10 bits per heavy atom. The lowest BCUT2D eigenvalue weighted by Gasteiger charge is -2.11. The molecule has 0 saturated carbocycles. The second-order valence-electron chi connectivity index (χ2n) is 4.52. The number of aryl methyl sites for hydroxylation is 2. The Hall–Kier alpha value is -1.96. The lowest BCUT2D eigenvalue weighted by atomic mass is 10.3. The van der Waals surface area contributed by atoms with Crippen LogP contribution in [0.1, 0.15) is 25.2 Å². The van der Waals surface area contributed by atoms with Crippen LogP contribution in [0, 0.1) is 13.8 Å². The van der Waals surface area contributed by atoms with E-state index in [4.69, 9.17) is 4.74 Å². The van der Waals surface area contributed by atoms with Crippen molar-refractivity contribution in [1.82, 2.24) is 19.6 Å². The Balaban J connectivity index is 2.38. The van der Waals surface area contributed by atoms with Gasteiger partial charge < -0.3 is 4.74 Å². The maximum absolute atomic E-state index is 11.8. The zero-order chi connectivity index (χ0) is 15.6. The predicted molar refractivity (Wildman–Crippen MR) is 77.2 cm³/mol. The molecule has 2 rings (SSSR count). The monoisotopic (exact) mass is 308 g/mol. The van der Waals surface area contributed by atoms with Gasteiger partial charge in [-0.3, -0.25) is 14.0 Å². The molecule has 2 aromatic heterocycles. The van der Waals surface area contributed by atoms with Crippen LogP contribution in [0.2, 0.25) is 0 Å². The quantitative estimate of drug-likeness (QED) is 0.468. The largest absolute Gasteiger partial charge is 0.465 e. The molecule has 0 N–H and O–H groups in total. The smallest absolute Gasteiger partial charge is 0.327 e. The molecule has 1 unspecified atom stereocenters. The lowest BCUT2D eigenvalue weighted by Crippen LogP contribution is -2.27. The predicted octanol–water partition coefficient (Wildman–Crippen LogP) is 1.35. The van der Waals surface area contributed by atoms with Gasteiger partial charge in [0.1, 0.15) is 0 Å². The topological polar surface area (TPSA) is 86.4 Å². The second kappa shape index (κ2) is 6.21. The number of nitrogens with zero attached hydrogens (tertiary/aromatic N) is 4. The second-order valence-corrected chi connectivity index (χ2v) is 5.59. The molecule has 21 heavy (non-hydrogen) atoms. The number of Topliss-reactive ketones (excluding diaryl/α,β-unsaturated/α-hetero) is 1. The minimum absolute atomic E-state index is 0.226. The zero-order valence-electron chi connectivity index (χ0n) is 12.3. The first-order valence-corrected chi connectivity index (χ1v) is 7.35. The fraction of sp³-hybridized carbons (Fsp3) is 0.462. The third kappa shape index (κ3) is 3.21. The Bertz CT molecular complexity index is 698. The molecule has 2 aromatic rings. The summed E-state index contributed by atoms with van der Waals surface area (Å²) in [6.07, 6.45) is 0. The van der Waals surface area contributed by atoms with Crippen LogP contribution in [0.15, 0.2) is 11.2 Å². The summed E-state index contributed by atoms with van der Waals surface area (Å²) in [5.41, 5.74) is 1.72. The summed E-state index contributed by atoms with van der Waals surface area (Å²) in [5.74, 6) is -0.404. The minimum Gasteiger partial charge on any atom is -0.465 e.